The summed E-state index contributed by atoms with van der Waals surface area (Å²) in [7, 11) is -4.61. The molecule has 10 nitrogen and oxygen atoms in total. The molecule has 0 unspecified atom stereocenters. The minimum atomic E-state index is -3.83. The molecule has 35 heavy (non-hydrogen) atoms. The maximum absolute atomic E-state index is 13.1. The molecule has 0 aromatic heterocycles. The molecule has 0 spiro atoms. The van der Waals surface area contributed by atoms with Crippen molar-refractivity contribution in [2.45, 2.75) is 73.9 Å². The van der Waals surface area contributed by atoms with E-state index in [2.05, 4.69) is 9.62 Å². The van der Waals surface area contributed by atoms with Crippen molar-refractivity contribution in [1.29, 1.82) is 0 Å². The summed E-state index contributed by atoms with van der Waals surface area (Å²) in [6.07, 6.45) is 3.23. The number of carbonyl (C=O) groups is 1. The van der Waals surface area contributed by atoms with Crippen molar-refractivity contribution in [2.24, 2.45) is 0 Å². The molecule has 2 fully saturated rings. The number of benzene rings is 1. The SMILES string of the molecule is CN(C)S(=O)(=O)c1ccc(S(=O)(=O)N[C@H]2CCCC[C@H]2N2CCN(C(=O)OC(C)(C)C)CC2)cc1. The summed E-state index contributed by atoms with van der Waals surface area (Å²) in [6, 6.07) is 5.07. The van der Waals surface area contributed by atoms with Gasteiger partial charge in [-0.15, -0.1) is 0 Å². The Balaban J connectivity index is 1.66. The van der Waals surface area contributed by atoms with Crippen LogP contribution in [0.3, 0.4) is 0 Å². The van der Waals surface area contributed by atoms with Gasteiger partial charge in [0, 0.05) is 52.4 Å². The highest BCUT2D eigenvalue weighted by atomic mass is 32.2. The van der Waals surface area contributed by atoms with Crippen molar-refractivity contribution in [2.75, 3.05) is 40.3 Å². The summed E-state index contributed by atoms with van der Waals surface area (Å²) in [6.45, 7) is 7.90. The molecular formula is C23H38N4O6S2. The molecule has 1 heterocycles. The number of hydrogen-bond acceptors (Lipinski definition) is 7. The molecule has 1 saturated carbocycles. The first kappa shape index (κ1) is 27.9. The Morgan fingerprint density at radius 2 is 1.49 bits per heavy atom. The standard InChI is InChI=1S/C23H38N4O6S2/c1-23(2,3)33-22(28)27-16-14-26(15-17-27)21-9-7-6-8-20(21)24-34(29,30)18-10-12-19(13-11-18)35(31,32)25(4)5/h10-13,20-21,24H,6-9,14-17H2,1-5H3/t20-,21+/m0/s1. The molecule has 1 amide bonds. The smallest absolute Gasteiger partial charge is 0.410 e. The second kappa shape index (κ2) is 10.7. The van der Waals surface area contributed by atoms with Crippen molar-refractivity contribution in [3.63, 3.8) is 0 Å². The summed E-state index contributed by atoms with van der Waals surface area (Å²) in [5.74, 6) is 0. The number of nitrogens with zero attached hydrogens (tertiary/aromatic N) is 3. The van der Waals surface area contributed by atoms with Crippen molar-refractivity contribution < 1.29 is 26.4 Å². The number of amides is 1. The van der Waals surface area contributed by atoms with Crippen LogP contribution in [0.4, 0.5) is 4.79 Å². The molecule has 1 aromatic rings. The summed E-state index contributed by atoms with van der Waals surface area (Å²) in [5.41, 5.74) is -0.546. The van der Waals surface area contributed by atoms with E-state index in [4.69, 9.17) is 4.74 Å². The van der Waals surface area contributed by atoms with Gasteiger partial charge in [0.15, 0.2) is 0 Å². The molecule has 0 bridgehead atoms. The number of carbonyl (C=O) groups excluding carboxylic acids is 1. The minimum absolute atomic E-state index is 0.0349. The van der Waals surface area contributed by atoms with E-state index in [0.717, 1.165) is 30.0 Å². The molecule has 2 aliphatic rings. The lowest BCUT2D eigenvalue weighted by Gasteiger charge is -2.44. The van der Waals surface area contributed by atoms with E-state index < -0.39 is 25.6 Å². The van der Waals surface area contributed by atoms with Gasteiger partial charge in [-0.25, -0.2) is 30.7 Å². The Morgan fingerprint density at radius 3 is 2.03 bits per heavy atom. The molecule has 1 aromatic carbocycles. The molecule has 1 aliphatic carbocycles. The van der Waals surface area contributed by atoms with E-state index in [1.807, 2.05) is 20.8 Å². The van der Waals surface area contributed by atoms with Gasteiger partial charge >= 0.3 is 6.09 Å². The highest BCUT2D eigenvalue weighted by Crippen LogP contribution is 2.27. The number of ether oxygens (including phenoxy) is 1. The van der Waals surface area contributed by atoms with Crippen LogP contribution in [0.2, 0.25) is 0 Å². The van der Waals surface area contributed by atoms with E-state index in [1.54, 1.807) is 4.90 Å². The number of rotatable bonds is 6. The molecular weight excluding hydrogens is 492 g/mol. The Hall–Kier alpha value is -1.73. The number of sulfonamides is 2. The lowest BCUT2D eigenvalue weighted by Crippen LogP contribution is -2.59. The normalized spacial score (nSPS) is 22.9. The summed E-state index contributed by atoms with van der Waals surface area (Å²) in [4.78, 5) is 16.4. The lowest BCUT2D eigenvalue weighted by atomic mass is 9.89. The topological polar surface area (TPSA) is 116 Å². The minimum Gasteiger partial charge on any atom is -0.444 e. The molecule has 3 rings (SSSR count). The van der Waals surface area contributed by atoms with Crippen LogP contribution in [0.25, 0.3) is 0 Å². The number of nitrogens with one attached hydrogen (secondary N) is 1. The van der Waals surface area contributed by atoms with Gasteiger partial charge in [-0.1, -0.05) is 12.8 Å². The first-order valence-corrected chi connectivity index (χ1v) is 14.9. The van der Waals surface area contributed by atoms with Crippen LogP contribution < -0.4 is 4.72 Å². The van der Waals surface area contributed by atoms with Gasteiger partial charge < -0.3 is 9.64 Å². The fourth-order valence-electron chi connectivity index (χ4n) is 4.52. The van der Waals surface area contributed by atoms with Gasteiger partial charge in [-0.2, -0.15) is 0 Å². The molecule has 1 N–H and O–H groups in total. The maximum atomic E-state index is 13.1. The number of piperazine rings is 1. The first-order valence-electron chi connectivity index (χ1n) is 12.0. The van der Waals surface area contributed by atoms with E-state index >= 15 is 0 Å². The Morgan fingerprint density at radius 1 is 0.943 bits per heavy atom. The fourth-order valence-corrected chi connectivity index (χ4v) is 6.72. The monoisotopic (exact) mass is 530 g/mol. The van der Waals surface area contributed by atoms with Crippen LogP contribution in [-0.4, -0.2) is 95.0 Å². The summed E-state index contributed by atoms with van der Waals surface area (Å²) < 4.78 is 60.3. The van der Waals surface area contributed by atoms with Crippen LogP contribution >= 0.6 is 0 Å². The van der Waals surface area contributed by atoms with E-state index in [0.29, 0.717) is 26.2 Å². The van der Waals surface area contributed by atoms with E-state index in [1.165, 1.54) is 38.4 Å². The van der Waals surface area contributed by atoms with Gasteiger partial charge in [0.05, 0.1) is 9.79 Å². The van der Waals surface area contributed by atoms with Gasteiger partial charge in [0.25, 0.3) is 0 Å². The molecule has 2 atom stereocenters. The van der Waals surface area contributed by atoms with Crippen molar-refractivity contribution in [1.82, 2.24) is 18.8 Å². The van der Waals surface area contributed by atoms with E-state index in [9.17, 15) is 21.6 Å². The molecule has 0 radical (unpaired) electrons. The second-order valence-electron chi connectivity index (χ2n) is 10.3. The first-order chi connectivity index (χ1) is 16.2. The number of hydrogen-bond donors (Lipinski definition) is 1. The highest BCUT2D eigenvalue weighted by molar-refractivity contribution is 7.89. The largest absolute Gasteiger partial charge is 0.444 e. The average Bonchev–Trinajstić information content (AvgIpc) is 2.78. The van der Waals surface area contributed by atoms with Crippen LogP contribution in [0, 0.1) is 0 Å². The third-order valence-electron chi connectivity index (χ3n) is 6.38. The van der Waals surface area contributed by atoms with Crippen molar-refractivity contribution in [3.05, 3.63) is 24.3 Å². The Labute approximate surface area is 209 Å². The summed E-state index contributed by atoms with van der Waals surface area (Å²) >= 11 is 0. The zero-order chi connectivity index (χ0) is 26.0. The Kier molecular flexibility index (Phi) is 8.53. The third-order valence-corrected chi connectivity index (χ3v) is 9.72. The second-order valence-corrected chi connectivity index (χ2v) is 14.2. The molecule has 198 valence electrons. The highest BCUT2D eigenvalue weighted by Gasteiger charge is 2.36. The van der Waals surface area contributed by atoms with Gasteiger partial charge in [0.1, 0.15) is 5.60 Å². The van der Waals surface area contributed by atoms with Crippen LogP contribution in [0.5, 0.6) is 0 Å². The van der Waals surface area contributed by atoms with E-state index in [-0.39, 0.29) is 28.0 Å². The average molecular weight is 531 g/mol. The molecule has 12 heteroatoms. The van der Waals surface area contributed by atoms with Crippen molar-refractivity contribution >= 4 is 26.1 Å². The van der Waals surface area contributed by atoms with Crippen molar-refractivity contribution in [3.8, 4) is 0 Å². The fraction of sp³-hybridized carbons (Fsp3) is 0.696. The predicted octanol–water partition coefficient (Wildman–Crippen LogP) is 2.08. The summed E-state index contributed by atoms with van der Waals surface area (Å²) in [5, 5.41) is 0. The Bertz CT molecular complexity index is 1090. The van der Waals surface area contributed by atoms with Crippen LogP contribution in [-0.2, 0) is 24.8 Å². The van der Waals surface area contributed by atoms with Crippen LogP contribution in [0.15, 0.2) is 34.1 Å². The zero-order valence-corrected chi connectivity index (χ0v) is 22.9. The lowest BCUT2D eigenvalue weighted by molar-refractivity contribution is 0.00635. The molecule has 1 aliphatic heterocycles. The van der Waals surface area contributed by atoms with Gasteiger partial charge in [-0.05, 0) is 57.9 Å². The zero-order valence-electron chi connectivity index (χ0n) is 21.2. The third kappa shape index (κ3) is 6.94. The quantitative estimate of drug-likeness (QED) is 0.599. The predicted molar refractivity (Wildman–Crippen MR) is 133 cm³/mol. The van der Waals surface area contributed by atoms with Gasteiger partial charge in [-0.3, -0.25) is 4.90 Å². The van der Waals surface area contributed by atoms with Crippen LogP contribution in [0.1, 0.15) is 46.5 Å². The van der Waals surface area contributed by atoms with Gasteiger partial charge in [0.2, 0.25) is 20.0 Å². The molecule has 1 saturated heterocycles. The maximum Gasteiger partial charge on any atom is 0.410 e.